The van der Waals surface area contributed by atoms with E-state index in [-0.39, 0.29) is 23.6 Å². The minimum absolute atomic E-state index is 0.0218. The van der Waals surface area contributed by atoms with E-state index in [9.17, 15) is 14.4 Å². The minimum Gasteiger partial charge on any atom is -0.453 e. The van der Waals surface area contributed by atoms with Crippen LogP contribution in [0.3, 0.4) is 0 Å². The molecule has 6 heteroatoms. The molecule has 2 unspecified atom stereocenters. The largest absolute Gasteiger partial charge is 0.453 e. The van der Waals surface area contributed by atoms with Gasteiger partial charge in [0.05, 0.1) is 12.0 Å². The summed E-state index contributed by atoms with van der Waals surface area (Å²) in [5, 5.41) is 0. The standard InChI is InChI=1S/C20H20O6/c1-8-6-7-12-9(2)18(22)24-17(12)14-10(3)16(15(21)13(8)14)25-19(23)20(5)11(4)26-20/h6-7,11,14,17H,1-5H3/t11?,14-,17-,20?/m0/s1. The van der Waals surface area contributed by atoms with E-state index in [0.29, 0.717) is 16.7 Å². The zero-order valence-electron chi connectivity index (χ0n) is 15.3. The zero-order chi connectivity index (χ0) is 19.0. The molecule has 1 saturated heterocycles. The number of Topliss-reactive ketones (excluding diaryl/α,β-unsaturated/α-hetero) is 1. The van der Waals surface area contributed by atoms with Gasteiger partial charge in [0.15, 0.2) is 11.4 Å². The smallest absolute Gasteiger partial charge is 0.346 e. The third-order valence-electron chi connectivity index (χ3n) is 5.85. The summed E-state index contributed by atoms with van der Waals surface area (Å²) < 4.78 is 16.3. The first-order valence-electron chi connectivity index (χ1n) is 8.63. The second-order valence-corrected chi connectivity index (χ2v) is 7.41. The molecule has 4 rings (SSSR count). The number of carbonyl (C=O) groups is 3. The number of allylic oxidation sites excluding steroid dienone is 3. The summed E-state index contributed by atoms with van der Waals surface area (Å²) in [7, 11) is 0. The Hall–Kier alpha value is -2.47. The van der Waals surface area contributed by atoms with Crippen LogP contribution in [0.2, 0.25) is 0 Å². The fourth-order valence-electron chi connectivity index (χ4n) is 3.84. The van der Waals surface area contributed by atoms with Crippen LogP contribution in [0.5, 0.6) is 0 Å². The maximum absolute atomic E-state index is 13.0. The van der Waals surface area contributed by atoms with Gasteiger partial charge in [-0.1, -0.05) is 12.2 Å². The Balaban J connectivity index is 1.75. The molecule has 0 spiro atoms. The number of esters is 2. The van der Waals surface area contributed by atoms with Crippen LogP contribution in [0.15, 0.2) is 45.8 Å². The Morgan fingerprint density at radius 1 is 1.19 bits per heavy atom. The molecule has 0 radical (unpaired) electrons. The highest BCUT2D eigenvalue weighted by atomic mass is 16.7. The van der Waals surface area contributed by atoms with Crippen molar-refractivity contribution in [1.82, 2.24) is 0 Å². The van der Waals surface area contributed by atoms with Crippen molar-refractivity contribution >= 4 is 17.7 Å². The van der Waals surface area contributed by atoms with Crippen molar-refractivity contribution in [2.45, 2.75) is 52.4 Å². The van der Waals surface area contributed by atoms with Crippen molar-refractivity contribution in [2.75, 3.05) is 0 Å². The van der Waals surface area contributed by atoms with E-state index in [4.69, 9.17) is 14.2 Å². The van der Waals surface area contributed by atoms with Crippen molar-refractivity contribution in [3.63, 3.8) is 0 Å². The van der Waals surface area contributed by atoms with Crippen LogP contribution < -0.4 is 0 Å². The number of ether oxygens (including phenoxy) is 3. The van der Waals surface area contributed by atoms with E-state index in [1.165, 1.54) is 0 Å². The lowest BCUT2D eigenvalue weighted by molar-refractivity contribution is -0.147. The van der Waals surface area contributed by atoms with Gasteiger partial charge >= 0.3 is 11.9 Å². The van der Waals surface area contributed by atoms with Crippen molar-refractivity contribution in [3.8, 4) is 0 Å². The topological polar surface area (TPSA) is 82.2 Å². The number of epoxide rings is 1. The predicted octanol–water partition coefficient (Wildman–Crippen LogP) is 2.31. The molecule has 1 fully saturated rings. The summed E-state index contributed by atoms with van der Waals surface area (Å²) in [6, 6.07) is 0. The number of carbonyl (C=O) groups excluding carboxylic acids is 3. The van der Waals surface area contributed by atoms with Crippen molar-refractivity contribution in [3.05, 3.63) is 45.8 Å². The third kappa shape index (κ3) is 2.11. The lowest BCUT2D eigenvalue weighted by atomic mass is 9.87. The number of fused-ring (bicyclic) bond motifs is 3. The molecule has 26 heavy (non-hydrogen) atoms. The number of hydrogen-bond acceptors (Lipinski definition) is 6. The van der Waals surface area contributed by atoms with Gasteiger partial charge in [-0.2, -0.15) is 0 Å². The zero-order valence-corrected chi connectivity index (χ0v) is 15.3. The van der Waals surface area contributed by atoms with Gasteiger partial charge < -0.3 is 14.2 Å². The summed E-state index contributed by atoms with van der Waals surface area (Å²) in [6.45, 7) is 8.71. The third-order valence-corrected chi connectivity index (χ3v) is 5.85. The molecule has 2 aliphatic carbocycles. The van der Waals surface area contributed by atoms with Gasteiger partial charge in [-0.05, 0) is 45.8 Å². The van der Waals surface area contributed by atoms with Crippen LogP contribution in [0, 0.1) is 5.92 Å². The summed E-state index contributed by atoms with van der Waals surface area (Å²) >= 11 is 0. The Morgan fingerprint density at radius 3 is 2.46 bits per heavy atom. The van der Waals surface area contributed by atoms with E-state index < -0.39 is 23.6 Å². The van der Waals surface area contributed by atoms with Crippen LogP contribution in [0.25, 0.3) is 0 Å². The molecular formula is C20H20O6. The maximum atomic E-state index is 13.0. The summed E-state index contributed by atoms with van der Waals surface area (Å²) in [6.07, 6.45) is 2.83. The monoisotopic (exact) mass is 356 g/mol. The minimum atomic E-state index is -1.01. The van der Waals surface area contributed by atoms with Gasteiger partial charge in [-0.3, -0.25) is 4.79 Å². The Kier molecular flexibility index (Phi) is 3.44. The normalized spacial score (nSPS) is 35.5. The lowest BCUT2D eigenvalue weighted by Crippen LogP contribution is -2.26. The van der Waals surface area contributed by atoms with Crippen molar-refractivity contribution in [1.29, 1.82) is 0 Å². The molecule has 2 aliphatic heterocycles. The van der Waals surface area contributed by atoms with Crippen molar-refractivity contribution < 1.29 is 28.6 Å². The lowest BCUT2D eigenvalue weighted by Gasteiger charge is -2.21. The van der Waals surface area contributed by atoms with Crippen LogP contribution >= 0.6 is 0 Å². The van der Waals surface area contributed by atoms with Gasteiger partial charge in [0, 0.05) is 16.7 Å². The van der Waals surface area contributed by atoms with Crippen LogP contribution in [-0.4, -0.2) is 35.5 Å². The molecule has 2 heterocycles. The van der Waals surface area contributed by atoms with Crippen LogP contribution in [0.1, 0.15) is 34.6 Å². The van der Waals surface area contributed by atoms with Gasteiger partial charge in [0.2, 0.25) is 5.78 Å². The Labute approximate surface area is 151 Å². The molecular weight excluding hydrogens is 336 g/mol. The average molecular weight is 356 g/mol. The average Bonchev–Trinajstić information content (AvgIpc) is 3.07. The van der Waals surface area contributed by atoms with Gasteiger partial charge in [-0.15, -0.1) is 0 Å². The predicted molar refractivity (Wildman–Crippen MR) is 90.7 cm³/mol. The molecule has 4 atom stereocenters. The summed E-state index contributed by atoms with van der Waals surface area (Å²) in [5.41, 5.74) is 2.18. The molecule has 0 aromatic heterocycles. The van der Waals surface area contributed by atoms with E-state index in [1.807, 2.05) is 19.1 Å². The first-order chi connectivity index (χ1) is 12.2. The van der Waals surface area contributed by atoms with Gasteiger partial charge in [0.25, 0.3) is 0 Å². The molecule has 0 N–H and O–H groups in total. The highest BCUT2D eigenvalue weighted by molar-refractivity contribution is 6.13. The number of ketones is 1. The molecule has 136 valence electrons. The van der Waals surface area contributed by atoms with E-state index in [1.54, 1.807) is 27.7 Å². The highest BCUT2D eigenvalue weighted by Gasteiger charge is 2.58. The van der Waals surface area contributed by atoms with Crippen molar-refractivity contribution in [2.24, 2.45) is 5.92 Å². The molecule has 0 bridgehead atoms. The Morgan fingerprint density at radius 2 is 1.85 bits per heavy atom. The quantitative estimate of drug-likeness (QED) is 0.558. The maximum Gasteiger partial charge on any atom is 0.346 e. The molecule has 0 saturated carbocycles. The molecule has 6 nitrogen and oxygen atoms in total. The molecule has 0 aromatic rings. The highest BCUT2D eigenvalue weighted by Crippen LogP contribution is 2.47. The van der Waals surface area contributed by atoms with Crippen LogP contribution in [-0.2, 0) is 28.6 Å². The summed E-state index contributed by atoms with van der Waals surface area (Å²) in [4.78, 5) is 37.4. The van der Waals surface area contributed by atoms with E-state index >= 15 is 0 Å². The van der Waals surface area contributed by atoms with Gasteiger partial charge in [0.1, 0.15) is 6.10 Å². The second kappa shape index (κ2) is 5.27. The Bertz CT molecular complexity index is 899. The molecule has 0 aromatic carbocycles. The first kappa shape index (κ1) is 17.0. The number of rotatable bonds is 2. The second-order valence-electron chi connectivity index (χ2n) is 7.41. The number of hydrogen-bond donors (Lipinski definition) is 0. The fraction of sp³-hybridized carbons (Fsp3) is 0.450. The first-order valence-corrected chi connectivity index (χ1v) is 8.63. The SMILES string of the molecule is CC1=C2C(=O)C(OC(=O)C3(C)OC3C)=C(C)[C@@H]2[C@H]2OC(=O)C(C)=C2C=C1. The molecule has 4 aliphatic rings. The van der Waals surface area contributed by atoms with E-state index in [2.05, 4.69) is 0 Å². The van der Waals surface area contributed by atoms with Gasteiger partial charge in [-0.25, -0.2) is 9.59 Å². The molecule has 0 amide bonds. The fourth-order valence-corrected chi connectivity index (χ4v) is 3.84. The van der Waals surface area contributed by atoms with Crippen LogP contribution in [0.4, 0.5) is 0 Å². The summed E-state index contributed by atoms with van der Waals surface area (Å²) in [5.74, 6) is -1.71. The van der Waals surface area contributed by atoms with E-state index in [0.717, 1.165) is 11.1 Å².